The molecule has 84 valence electrons. The van der Waals surface area contributed by atoms with E-state index in [9.17, 15) is 5.11 Å². The van der Waals surface area contributed by atoms with Crippen molar-refractivity contribution in [3.8, 4) is 0 Å². The molecule has 3 N–H and O–H groups in total. The van der Waals surface area contributed by atoms with E-state index in [2.05, 4.69) is 11.8 Å². The summed E-state index contributed by atoms with van der Waals surface area (Å²) in [5.41, 5.74) is 4.81. The highest BCUT2D eigenvalue weighted by molar-refractivity contribution is 7.99. The van der Waals surface area contributed by atoms with Crippen molar-refractivity contribution in [1.82, 2.24) is 0 Å². The van der Waals surface area contributed by atoms with Crippen LogP contribution in [0.25, 0.3) is 0 Å². The molecule has 0 spiro atoms. The second-order valence-corrected chi connectivity index (χ2v) is 5.99. The predicted molar refractivity (Wildman–Crippen MR) is 63.6 cm³/mol. The average molecular weight is 217 g/mol. The maximum Gasteiger partial charge on any atom is 0.0741 e. The molecule has 1 aliphatic carbocycles. The number of hydrogen-bond acceptors (Lipinski definition) is 3. The van der Waals surface area contributed by atoms with E-state index in [-0.39, 0.29) is 0 Å². The van der Waals surface area contributed by atoms with E-state index in [1.54, 1.807) is 0 Å². The maximum atomic E-state index is 9.68. The van der Waals surface area contributed by atoms with Gasteiger partial charge in [-0.05, 0) is 38.4 Å². The SMILES string of the molecule is CC(O)(CN)CCCSC1CCCC1. The molecule has 1 fully saturated rings. The Balaban J connectivity index is 1.98. The number of hydrogen-bond donors (Lipinski definition) is 2. The van der Waals surface area contributed by atoms with Crippen LogP contribution in [0.5, 0.6) is 0 Å². The van der Waals surface area contributed by atoms with Crippen molar-refractivity contribution >= 4 is 11.8 Å². The number of aliphatic hydroxyl groups is 1. The lowest BCUT2D eigenvalue weighted by Gasteiger charge is -2.20. The number of nitrogens with two attached hydrogens (primary N) is 1. The zero-order chi connectivity index (χ0) is 10.4. The predicted octanol–water partition coefficient (Wildman–Crippen LogP) is 2.15. The summed E-state index contributed by atoms with van der Waals surface area (Å²) in [6.45, 7) is 2.20. The van der Waals surface area contributed by atoms with Gasteiger partial charge in [-0.25, -0.2) is 0 Å². The summed E-state index contributed by atoms with van der Waals surface area (Å²) in [6.07, 6.45) is 7.56. The lowest BCUT2D eigenvalue weighted by Crippen LogP contribution is -2.34. The van der Waals surface area contributed by atoms with Crippen LogP contribution in [-0.2, 0) is 0 Å². The first-order chi connectivity index (χ1) is 6.64. The molecule has 0 heterocycles. The van der Waals surface area contributed by atoms with Gasteiger partial charge in [0.15, 0.2) is 0 Å². The minimum absolute atomic E-state index is 0.376. The first-order valence-corrected chi connectivity index (χ1v) is 6.73. The quantitative estimate of drug-likeness (QED) is 0.670. The molecule has 0 amide bonds. The Morgan fingerprint density at radius 2 is 2.07 bits per heavy atom. The normalized spacial score (nSPS) is 22.5. The molecule has 0 aromatic rings. The highest BCUT2D eigenvalue weighted by atomic mass is 32.2. The molecule has 3 heteroatoms. The van der Waals surface area contributed by atoms with Crippen LogP contribution in [0.3, 0.4) is 0 Å². The summed E-state index contributed by atoms with van der Waals surface area (Å²) in [5.74, 6) is 1.18. The smallest absolute Gasteiger partial charge is 0.0741 e. The van der Waals surface area contributed by atoms with Gasteiger partial charge in [0, 0.05) is 11.8 Å². The highest BCUT2D eigenvalue weighted by Crippen LogP contribution is 2.30. The number of rotatable bonds is 6. The van der Waals surface area contributed by atoms with Crippen LogP contribution in [0, 0.1) is 0 Å². The van der Waals surface area contributed by atoms with Crippen LogP contribution in [0.1, 0.15) is 45.4 Å². The Labute approximate surface area is 91.6 Å². The Kier molecular flexibility index (Phi) is 5.28. The van der Waals surface area contributed by atoms with Gasteiger partial charge in [0.05, 0.1) is 5.60 Å². The van der Waals surface area contributed by atoms with E-state index in [4.69, 9.17) is 5.73 Å². The van der Waals surface area contributed by atoms with E-state index in [1.807, 2.05) is 6.92 Å². The molecule has 0 bridgehead atoms. The minimum atomic E-state index is -0.643. The molecule has 0 aromatic heterocycles. The van der Waals surface area contributed by atoms with Gasteiger partial charge in [0.2, 0.25) is 0 Å². The van der Waals surface area contributed by atoms with E-state index >= 15 is 0 Å². The van der Waals surface area contributed by atoms with Gasteiger partial charge >= 0.3 is 0 Å². The standard InChI is InChI=1S/C11H23NOS/c1-11(13,9-12)7-4-8-14-10-5-2-3-6-10/h10,13H,2-9,12H2,1H3. The van der Waals surface area contributed by atoms with Gasteiger partial charge < -0.3 is 10.8 Å². The first-order valence-electron chi connectivity index (χ1n) is 5.68. The summed E-state index contributed by atoms with van der Waals surface area (Å²) in [5, 5.41) is 10.6. The minimum Gasteiger partial charge on any atom is -0.389 e. The van der Waals surface area contributed by atoms with Gasteiger partial charge in [-0.15, -0.1) is 0 Å². The van der Waals surface area contributed by atoms with Crippen molar-refractivity contribution in [1.29, 1.82) is 0 Å². The van der Waals surface area contributed by atoms with Crippen LogP contribution in [-0.4, -0.2) is 28.3 Å². The third-order valence-corrected chi connectivity index (χ3v) is 4.42. The second-order valence-electron chi connectivity index (χ2n) is 4.58. The fourth-order valence-corrected chi connectivity index (χ4v) is 3.17. The van der Waals surface area contributed by atoms with Crippen molar-refractivity contribution in [3.63, 3.8) is 0 Å². The third kappa shape index (κ3) is 4.67. The van der Waals surface area contributed by atoms with Crippen LogP contribution in [0.4, 0.5) is 0 Å². The molecule has 0 saturated heterocycles. The maximum absolute atomic E-state index is 9.68. The third-order valence-electron chi connectivity index (χ3n) is 2.96. The lowest BCUT2D eigenvalue weighted by molar-refractivity contribution is 0.0596. The second kappa shape index (κ2) is 5.99. The molecule has 0 aromatic carbocycles. The largest absolute Gasteiger partial charge is 0.389 e. The van der Waals surface area contributed by atoms with Crippen molar-refractivity contribution < 1.29 is 5.11 Å². The fourth-order valence-electron chi connectivity index (χ4n) is 1.86. The number of thioether (sulfide) groups is 1. The summed E-state index contributed by atoms with van der Waals surface area (Å²) in [6, 6.07) is 0. The molecule has 1 unspecified atom stereocenters. The van der Waals surface area contributed by atoms with E-state index in [1.165, 1.54) is 31.4 Å². The summed E-state index contributed by atoms with van der Waals surface area (Å²) >= 11 is 2.08. The molecule has 2 nitrogen and oxygen atoms in total. The molecule has 0 aliphatic heterocycles. The molecule has 1 rings (SSSR count). The molecule has 1 saturated carbocycles. The van der Waals surface area contributed by atoms with Crippen molar-refractivity contribution in [2.45, 2.75) is 56.3 Å². The Morgan fingerprint density at radius 3 is 2.64 bits per heavy atom. The van der Waals surface area contributed by atoms with Crippen molar-refractivity contribution in [2.24, 2.45) is 5.73 Å². The fraction of sp³-hybridized carbons (Fsp3) is 1.00. The molecule has 0 radical (unpaired) electrons. The van der Waals surface area contributed by atoms with Crippen molar-refractivity contribution in [2.75, 3.05) is 12.3 Å². The Morgan fingerprint density at radius 1 is 1.43 bits per heavy atom. The van der Waals surface area contributed by atoms with Gasteiger partial charge in [-0.3, -0.25) is 0 Å². The Hall–Kier alpha value is 0.270. The molecular formula is C11H23NOS. The van der Waals surface area contributed by atoms with Crippen LogP contribution >= 0.6 is 11.8 Å². The molecular weight excluding hydrogens is 194 g/mol. The van der Waals surface area contributed by atoms with Gasteiger partial charge in [-0.2, -0.15) is 11.8 Å². The first kappa shape index (κ1) is 12.3. The zero-order valence-electron chi connectivity index (χ0n) is 9.17. The van der Waals surface area contributed by atoms with Crippen molar-refractivity contribution in [3.05, 3.63) is 0 Å². The highest BCUT2D eigenvalue weighted by Gasteiger charge is 2.18. The summed E-state index contributed by atoms with van der Waals surface area (Å²) in [7, 11) is 0. The molecule has 14 heavy (non-hydrogen) atoms. The van der Waals surface area contributed by atoms with Gasteiger partial charge in [0.1, 0.15) is 0 Å². The average Bonchev–Trinajstić information content (AvgIpc) is 2.65. The summed E-state index contributed by atoms with van der Waals surface area (Å²) in [4.78, 5) is 0. The van der Waals surface area contributed by atoms with E-state index in [0.29, 0.717) is 6.54 Å². The van der Waals surface area contributed by atoms with Gasteiger partial charge in [-0.1, -0.05) is 12.8 Å². The van der Waals surface area contributed by atoms with Crippen LogP contribution in [0.2, 0.25) is 0 Å². The molecule has 1 atom stereocenters. The lowest BCUT2D eigenvalue weighted by atomic mass is 10.0. The summed E-state index contributed by atoms with van der Waals surface area (Å²) < 4.78 is 0. The monoisotopic (exact) mass is 217 g/mol. The molecule has 1 aliphatic rings. The Bertz CT molecular complexity index is 155. The van der Waals surface area contributed by atoms with Crippen LogP contribution in [0.15, 0.2) is 0 Å². The zero-order valence-corrected chi connectivity index (χ0v) is 9.98. The van der Waals surface area contributed by atoms with E-state index < -0.39 is 5.60 Å². The van der Waals surface area contributed by atoms with Gasteiger partial charge in [0.25, 0.3) is 0 Å². The van der Waals surface area contributed by atoms with E-state index in [0.717, 1.165) is 18.1 Å². The topological polar surface area (TPSA) is 46.2 Å². The van der Waals surface area contributed by atoms with Crippen LogP contribution < -0.4 is 5.73 Å².